The van der Waals surface area contributed by atoms with Crippen molar-refractivity contribution in [1.29, 1.82) is 0 Å². The van der Waals surface area contributed by atoms with Gasteiger partial charge in [0, 0.05) is 0 Å². The van der Waals surface area contributed by atoms with Crippen LogP contribution in [0.2, 0.25) is 0 Å². The van der Waals surface area contributed by atoms with Gasteiger partial charge in [-0.15, -0.1) is 0 Å². The van der Waals surface area contributed by atoms with E-state index in [-0.39, 0.29) is 11.4 Å². The summed E-state index contributed by atoms with van der Waals surface area (Å²) in [4.78, 5) is 14.0. The minimum Gasteiger partial charge on any atom is -0.394 e. The Morgan fingerprint density at radius 2 is 2.15 bits per heavy atom. The highest BCUT2D eigenvalue weighted by molar-refractivity contribution is 5.72. The van der Waals surface area contributed by atoms with E-state index in [4.69, 9.17) is 15.6 Å². The number of ether oxygens (including phenoxy) is 1. The number of nitrogens with zero attached hydrogens (tertiary/aromatic N) is 2. The molecule has 20 heavy (non-hydrogen) atoms. The van der Waals surface area contributed by atoms with E-state index in [1.165, 1.54) is 0 Å². The van der Waals surface area contributed by atoms with Crippen molar-refractivity contribution in [1.82, 2.24) is 4.98 Å². The van der Waals surface area contributed by atoms with Gasteiger partial charge in [-0.25, -0.2) is 0 Å². The number of nitro groups is 1. The molecule has 0 unspecified atom stereocenters. The van der Waals surface area contributed by atoms with Crippen LogP contribution in [0.4, 0.5) is 17.1 Å². The van der Waals surface area contributed by atoms with E-state index >= 15 is 0 Å². The number of nitrogen functional groups attached to an aromatic ring is 1. The Balaban J connectivity index is 2.23. The average Bonchev–Trinajstić information content (AvgIpc) is 2.66. The molecule has 0 amide bonds. The molecule has 0 radical (unpaired) electrons. The number of aliphatic hydroxyl groups excluding tert-OH is 3. The highest BCUT2D eigenvalue weighted by atomic mass is 16.6. The van der Waals surface area contributed by atoms with Gasteiger partial charge < -0.3 is 31.1 Å². The summed E-state index contributed by atoms with van der Waals surface area (Å²) in [5, 5.41) is 41.8. The Morgan fingerprint density at radius 3 is 2.70 bits per heavy atom. The number of aromatic nitrogens is 1. The van der Waals surface area contributed by atoms with Crippen molar-refractivity contribution < 1.29 is 25.0 Å². The van der Waals surface area contributed by atoms with E-state index in [1.807, 2.05) is 0 Å². The largest absolute Gasteiger partial charge is 0.394 e. The summed E-state index contributed by atoms with van der Waals surface area (Å²) in [6, 6.07) is 0. The standard InChI is InChI=1S/C10H14N4O6/c11-4-1-12-2-5(7(4)14(18)19)13-10-9(17)8(16)6(3-15)20-10/h1-2,6,8-10,13,15-17H,3,11H2/t6-,8-,9-,10-/m1/s1. The average molecular weight is 286 g/mol. The predicted molar refractivity (Wildman–Crippen MR) is 66.7 cm³/mol. The third-order valence-electron chi connectivity index (χ3n) is 2.97. The third kappa shape index (κ3) is 2.49. The molecule has 1 fully saturated rings. The second-order valence-corrected chi connectivity index (χ2v) is 4.29. The van der Waals surface area contributed by atoms with Gasteiger partial charge in [0.1, 0.15) is 29.7 Å². The maximum atomic E-state index is 10.9. The van der Waals surface area contributed by atoms with Crippen LogP contribution in [0.25, 0.3) is 0 Å². The first-order valence-corrected chi connectivity index (χ1v) is 5.72. The number of hydrogen-bond donors (Lipinski definition) is 5. The molecule has 1 aliphatic heterocycles. The molecule has 0 saturated carbocycles. The normalized spacial score (nSPS) is 29.4. The molecule has 1 aromatic rings. The summed E-state index contributed by atoms with van der Waals surface area (Å²) in [7, 11) is 0. The van der Waals surface area contributed by atoms with Crippen molar-refractivity contribution in [3.05, 3.63) is 22.5 Å². The number of nitrogens with one attached hydrogen (secondary N) is 1. The summed E-state index contributed by atoms with van der Waals surface area (Å²) in [6.45, 7) is -0.492. The van der Waals surface area contributed by atoms with Crippen LogP contribution in [0.1, 0.15) is 0 Å². The second kappa shape index (κ2) is 5.54. The van der Waals surface area contributed by atoms with Crippen LogP contribution >= 0.6 is 0 Å². The highest BCUT2D eigenvalue weighted by Gasteiger charge is 2.43. The number of hydrogen-bond acceptors (Lipinski definition) is 9. The molecule has 6 N–H and O–H groups in total. The zero-order valence-electron chi connectivity index (χ0n) is 10.2. The van der Waals surface area contributed by atoms with E-state index in [1.54, 1.807) is 0 Å². The molecule has 1 aromatic heterocycles. The van der Waals surface area contributed by atoms with Crippen molar-refractivity contribution in [2.75, 3.05) is 17.7 Å². The van der Waals surface area contributed by atoms with E-state index in [0.717, 1.165) is 12.4 Å². The minimum atomic E-state index is -1.35. The van der Waals surface area contributed by atoms with Gasteiger partial charge >= 0.3 is 5.69 Å². The van der Waals surface area contributed by atoms with Crippen molar-refractivity contribution in [2.24, 2.45) is 0 Å². The van der Waals surface area contributed by atoms with Gasteiger partial charge in [-0.1, -0.05) is 0 Å². The lowest BCUT2D eigenvalue weighted by molar-refractivity contribution is -0.383. The van der Waals surface area contributed by atoms with Gasteiger partial charge in [0.05, 0.1) is 23.9 Å². The monoisotopic (exact) mass is 286 g/mol. The van der Waals surface area contributed by atoms with Crippen LogP contribution in [0.5, 0.6) is 0 Å². The topological polar surface area (TPSA) is 164 Å². The van der Waals surface area contributed by atoms with Gasteiger partial charge in [-0.05, 0) is 0 Å². The molecule has 110 valence electrons. The molecule has 0 bridgehead atoms. The molecular formula is C10H14N4O6. The summed E-state index contributed by atoms with van der Waals surface area (Å²) >= 11 is 0. The Kier molecular flexibility index (Phi) is 3.99. The number of pyridine rings is 1. The van der Waals surface area contributed by atoms with E-state index in [0.29, 0.717) is 0 Å². The minimum absolute atomic E-state index is 0.0511. The Morgan fingerprint density at radius 1 is 1.45 bits per heavy atom. The van der Waals surface area contributed by atoms with Crippen LogP contribution in [-0.2, 0) is 4.74 Å². The first kappa shape index (κ1) is 14.4. The van der Waals surface area contributed by atoms with Gasteiger partial charge in [0.2, 0.25) is 0 Å². The lowest BCUT2D eigenvalue weighted by Gasteiger charge is -2.17. The second-order valence-electron chi connectivity index (χ2n) is 4.29. The number of rotatable bonds is 4. The lowest BCUT2D eigenvalue weighted by Crippen LogP contribution is -2.36. The molecule has 4 atom stereocenters. The molecular weight excluding hydrogens is 272 g/mol. The zero-order chi connectivity index (χ0) is 14.9. The fourth-order valence-electron chi connectivity index (χ4n) is 1.95. The Bertz CT molecular complexity index is 513. The molecule has 0 aliphatic carbocycles. The smallest absolute Gasteiger partial charge is 0.318 e. The van der Waals surface area contributed by atoms with Crippen LogP contribution < -0.4 is 11.1 Å². The van der Waals surface area contributed by atoms with Crippen LogP contribution in [0.15, 0.2) is 12.4 Å². The van der Waals surface area contributed by atoms with Crippen LogP contribution in [0.3, 0.4) is 0 Å². The molecule has 2 heterocycles. The lowest BCUT2D eigenvalue weighted by atomic mass is 10.1. The molecule has 1 saturated heterocycles. The zero-order valence-corrected chi connectivity index (χ0v) is 10.2. The summed E-state index contributed by atoms with van der Waals surface area (Å²) in [5.74, 6) is 0. The third-order valence-corrected chi connectivity index (χ3v) is 2.97. The van der Waals surface area contributed by atoms with Gasteiger partial charge in [0.25, 0.3) is 0 Å². The van der Waals surface area contributed by atoms with Gasteiger partial charge in [0.15, 0.2) is 6.23 Å². The quantitative estimate of drug-likeness (QED) is 0.324. The van der Waals surface area contributed by atoms with E-state index in [9.17, 15) is 20.3 Å². The maximum absolute atomic E-state index is 10.9. The van der Waals surface area contributed by atoms with Gasteiger partial charge in [-0.2, -0.15) is 0 Å². The van der Waals surface area contributed by atoms with E-state index in [2.05, 4.69) is 10.3 Å². The van der Waals surface area contributed by atoms with Crippen LogP contribution in [0, 0.1) is 10.1 Å². The number of anilines is 2. The summed E-state index contributed by atoms with van der Waals surface area (Å²) < 4.78 is 5.16. The SMILES string of the molecule is Nc1cncc(N[C@@H]2O[C@H](CO)[C@@H](O)[C@H]2O)c1[N+](=O)[O-]. The van der Waals surface area contributed by atoms with Crippen molar-refractivity contribution in [3.63, 3.8) is 0 Å². The number of nitrogens with two attached hydrogens (primary N) is 1. The molecule has 1 aliphatic rings. The van der Waals surface area contributed by atoms with Crippen molar-refractivity contribution in [2.45, 2.75) is 24.5 Å². The molecule has 10 heteroatoms. The first-order chi connectivity index (χ1) is 9.45. The van der Waals surface area contributed by atoms with Crippen LogP contribution in [-0.4, -0.2) is 56.4 Å². The first-order valence-electron chi connectivity index (χ1n) is 5.72. The highest BCUT2D eigenvalue weighted by Crippen LogP contribution is 2.32. The molecule has 10 nitrogen and oxygen atoms in total. The van der Waals surface area contributed by atoms with Crippen molar-refractivity contribution in [3.8, 4) is 0 Å². The van der Waals surface area contributed by atoms with E-state index < -0.39 is 41.8 Å². The Labute approximate surface area is 113 Å². The summed E-state index contributed by atoms with van der Waals surface area (Å²) in [5.41, 5.74) is 4.87. The fraction of sp³-hybridized carbons (Fsp3) is 0.500. The predicted octanol–water partition coefficient (Wildman–Crippen LogP) is -1.58. The maximum Gasteiger partial charge on any atom is 0.318 e. The fourth-order valence-corrected chi connectivity index (χ4v) is 1.95. The molecule has 0 aromatic carbocycles. The van der Waals surface area contributed by atoms with Gasteiger partial charge in [-0.3, -0.25) is 15.1 Å². The van der Waals surface area contributed by atoms with Crippen molar-refractivity contribution >= 4 is 17.1 Å². The molecule has 0 spiro atoms. The summed E-state index contributed by atoms with van der Waals surface area (Å²) in [6.07, 6.45) is -2.47. The Hall–Kier alpha value is -2.01. The number of aliphatic hydroxyl groups is 3. The molecule has 2 rings (SSSR count).